The number of rotatable bonds is 4. The second-order valence-electron chi connectivity index (χ2n) is 6.48. The van der Waals surface area contributed by atoms with Crippen LogP contribution in [0.15, 0.2) is 42.7 Å². The van der Waals surface area contributed by atoms with Gasteiger partial charge in [0.05, 0.1) is 7.11 Å². The van der Waals surface area contributed by atoms with Crippen LogP contribution in [0.5, 0.6) is 0 Å². The average Bonchev–Trinajstić information content (AvgIpc) is 3.24. The Hall–Kier alpha value is -2.60. The summed E-state index contributed by atoms with van der Waals surface area (Å²) in [7, 11) is 3.25. The third-order valence-corrected chi connectivity index (χ3v) is 4.71. The maximum atomic E-state index is 12.6. The molecule has 0 aliphatic carbocycles. The highest BCUT2D eigenvalue weighted by Gasteiger charge is 2.35. The lowest BCUT2D eigenvalue weighted by Crippen LogP contribution is -2.36. The number of carbonyl (C=O) groups is 2. The molecule has 6 nitrogen and oxygen atoms in total. The molecule has 1 aromatic carbocycles. The van der Waals surface area contributed by atoms with E-state index in [2.05, 4.69) is 5.32 Å². The van der Waals surface area contributed by atoms with Crippen LogP contribution in [0.2, 0.25) is 0 Å². The molecule has 2 aromatic rings. The zero-order valence-electron chi connectivity index (χ0n) is 14.7. The zero-order chi connectivity index (χ0) is 18.0. The molecule has 0 spiro atoms. The Balaban J connectivity index is 1.72. The standard InChI is InChI=1S/C19H23N3O3/c1-13-6-7-14(10-16(13)22-8-4-5-9-22)18(23)20-15-11-17(19(24)25-3)21(2)12-15/h4-10,15,17H,11-12H2,1-3H3,(H,20,23). The minimum Gasteiger partial charge on any atom is -0.468 e. The van der Waals surface area contributed by atoms with Crippen LogP contribution in [0.4, 0.5) is 0 Å². The molecule has 1 aliphatic heterocycles. The van der Waals surface area contributed by atoms with E-state index in [1.54, 1.807) is 0 Å². The van der Waals surface area contributed by atoms with Gasteiger partial charge in [-0.05, 0) is 50.2 Å². The van der Waals surface area contributed by atoms with Gasteiger partial charge in [-0.15, -0.1) is 0 Å². The summed E-state index contributed by atoms with van der Waals surface area (Å²) in [6, 6.07) is 9.19. The molecule has 0 bridgehead atoms. The minimum atomic E-state index is -0.302. The van der Waals surface area contributed by atoms with Crippen molar-refractivity contribution in [1.29, 1.82) is 0 Å². The van der Waals surface area contributed by atoms with Gasteiger partial charge in [-0.1, -0.05) is 6.07 Å². The fourth-order valence-electron chi connectivity index (χ4n) is 3.31. The van der Waals surface area contributed by atoms with Gasteiger partial charge in [0.25, 0.3) is 5.91 Å². The van der Waals surface area contributed by atoms with E-state index in [0.717, 1.165) is 11.3 Å². The minimum absolute atomic E-state index is 0.0714. The lowest BCUT2D eigenvalue weighted by atomic mass is 10.1. The van der Waals surface area contributed by atoms with Gasteiger partial charge in [0.2, 0.25) is 0 Å². The highest BCUT2D eigenvalue weighted by molar-refractivity contribution is 5.95. The fraction of sp³-hybridized carbons (Fsp3) is 0.368. The van der Waals surface area contributed by atoms with Crippen molar-refractivity contribution in [3.8, 4) is 5.69 Å². The predicted molar refractivity (Wildman–Crippen MR) is 94.8 cm³/mol. The van der Waals surface area contributed by atoms with Gasteiger partial charge < -0.3 is 14.6 Å². The fourth-order valence-corrected chi connectivity index (χ4v) is 3.31. The van der Waals surface area contributed by atoms with Crippen molar-refractivity contribution in [1.82, 2.24) is 14.8 Å². The Morgan fingerprint density at radius 2 is 1.96 bits per heavy atom. The number of likely N-dealkylation sites (N-methyl/N-ethyl adjacent to an activating group) is 1. The van der Waals surface area contributed by atoms with E-state index in [4.69, 9.17) is 4.74 Å². The molecule has 1 saturated heterocycles. The quantitative estimate of drug-likeness (QED) is 0.861. The van der Waals surface area contributed by atoms with E-state index in [1.807, 2.05) is 66.2 Å². The Morgan fingerprint density at radius 3 is 2.64 bits per heavy atom. The average molecular weight is 341 g/mol. The number of ether oxygens (including phenoxy) is 1. The second-order valence-corrected chi connectivity index (χ2v) is 6.48. The van der Waals surface area contributed by atoms with E-state index >= 15 is 0 Å². The van der Waals surface area contributed by atoms with Crippen molar-refractivity contribution in [3.05, 3.63) is 53.9 Å². The van der Waals surface area contributed by atoms with Crippen LogP contribution < -0.4 is 5.32 Å². The van der Waals surface area contributed by atoms with Crippen LogP contribution >= 0.6 is 0 Å². The molecule has 1 aliphatic rings. The van der Waals surface area contributed by atoms with Gasteiger partial charge in [0.15, 0.2) is 0 Å². The highest BCUT2D eigenvalue weighted by Crippen LogP contribution is 2.19. The Morgan fingerprint density at radius 1 is 1.24 bits per heavy atom. The summed E-state index contributed by atoms with van der Waals surface area (Å²) in [6.45, 7) is 2.64. The Labute approximate surface area is 147 Å². The first-order valence-corrected chi connectivity index (χ1v) is 8.32. The molecule has 2 heterocycles. The SMILES string of the molecule is COC(=O)C1CC(NC(=O)c2ccc(C)c(-n3cccc3)c2)CN1C. The number of aromatic nitrogens is 1. The zero-order valence-corrected chi connectivity index (χ0v) is 14.7. The number of esters is 1. The number of methoxy groups -OCH3 is 1. The van der Waals surface area contributed by atoms with Crippen LogP contribution in [0.3, 0.4) is 0 Å². The Kier molecular flexibility index (Phi) is 4.90. The number of amides is 1. The lowest BCUT2D eigenvalue weighted by molar-refractivity contribution is -0.145. The van der Waals surface area contributed by atoms with E-state index in [0.29, 0.717) is 18.5 Å². The summed E-state index contributed by atoms with van der Waals surface area (Å²) in [6.07, 6.45) is 4.47. The number of nitrogens with zero attached hydrogens (tertiary/aromatic N) is 2. The molecule has 0 saturated carbocycles. The van der Waals surface area contributed by atoms with E-state index in [1.165, 1.54) is 7.11 Å². The third kappa shape index (κ3) is 3.58. The van der Waals surface area contributed by atoms with Crippen molar-refractivity contribution in [2.45, 2.75) is 25.4 Å². The van der Waals surface area contributed by atoms with E-state index in [-0.39, 0.29) is 24.0 Å². The highest BCUT2D eigenvalue weighted by atomic mass is 16.5. The van der Waals surface area contributed by atoms with Crippen LogP contribution in [0.1, 0.15) is 22.3 Å². The molecule has 25 heavy (non-hydrogen) atoms. The summed E-state index contributed by atoms with van der Waals surface area (Å²) in [4.78, 5) is 26.3. The summed E-state index contributed by atoms with van der Waals surface area (Å²) in [5.74, 6) is -0.387. The number of likely N-dealkylation sites (tertiary alicyclic amines) is 1. The van der Waals surface area contributed by atoms with Gasteiger partial charge in [-0.25, -0.2) is 0 Å². The van der Waals surface area contributed by atoms with E-state index < -0.39 is 0 Å². The normalized spacial score (nSPS) is 20.4. The summed E-state index contributed by atoms with van der Waals surface area (Å²) in [5.41, 5.74) is 2.69. The van der Waals surface area contributed by atoms with Crippen LogP contribution in [0.25, 0.3) is 5.69 Å². The van der Waals surface area contributed by atoms with Crippen molar-refractivity contribution in [3.63, 3.8) is 0 Å². The van der Waals surface area contributed by atoms with E-state index in [9.17, 15) is 9.59 Å². The van der Waals surface area contributed by atoms with Gasteiger partial charge in [-0.3, -0.25) is 14.5 Å². The number of aryl methyl sites for hydroxylation is 1. The first-order valence-electron chi connectivity index (χ1n) is 8.32. The molecule has 3 rings (SSSR count). The van der Waals surface area contributed by atoms with Gasteiger partial charge in [-0.2, -0.15) is 0 Å². The Bertz CT molecular complexity index is 770. The first kappa shape index (κ1) is 17.2. The molecular weight excluding hydrogens is 318 g/mol. The molecule has 2 unspecified atom stereocenters. The first-order chi connectivity index (χ1) is 12.0. The smallest absolute Gasteiger partial charge is 0.323 e. The van der Waals surface area contributed by atoms with Gasteiger partial charge >= 0.3 is 5.97 Å². The molecule has 132 valence electrons. The van der Waals surface area contributed by atoms with Crippen molar-refractivity contribution >= 4 is 11.9 Å². The molecule has 2 atom stereocenters. The van der Waals surface area contributed by atoms with Crippen LogP contribution in [0, 0.1) is 6.92 Å². The van der Waals surface area contributed by atoms with Crippen molar-refractivity contribution < 1.29 is 14.3 Å². The van der Waals surface area contributed by atoms with Crippen molar-refractivity contribution in [2.24, 2.45) is 0 Å². The lowest BCUT2D eigenvalue weighted by Gasteiger charge is -2.15. The van der Waals surface area contributed by atoms with Crippen molar-refractivity contribution in [2.75, 3.05) is 20.7 Å². The maximum Gasteiger partial charge on any atom is 0.323 e. The van der Waals surface area contributed by atoms with Crippen LogP contribution in [-0.2, 0) is 9.53 Å². The maximum absolute atomic E-state index is 12.6. The number of nitrogens with one attached hydrogen (secondary N) is 1. The van der Waals surface area contributed by atoms with Gasteiger partial charge in [0.1, 0.15) is 6.04 Å². The summed E-state index contributed by atoms with van der Waals surface area (Å²) >= 11 is 0. The van der Waals surface area contributed by atoms with Gasteiger partial charge in [0, 0.05) is 36.2 Å². The largest absolute Gasteiger partial charge is 0.468 e. The molecule has 1 amide bonds. The summed E-state index contributed by atoms with van der Waals surface area (Å²) in [5, 5.41) is 3.03. The number of benzene rings is 1. The van der Waals surface area contributed by atoms with Crippen LogP contribution in [-0.4, -0.2) is 54.1 Å². The molecule has 1 N–H and O–H groups in total. The molecular formula is C19H23N3O3. The number of hydrogen-bond acceptors (Lipinski definition) is 4. The summed E-state index contributed by atoms with van der Waals surface area (Å²) < 4.78 is 6.81. The molecule has 6 heteroatoms. The molecule has 1 aromatic heterocycles. The third-order valence-electron chi connectivity index (χ3n) is 4.71. The molecule has 1 fully saturated rings. The topological polar surface area (TPSA) is 63.6 Å². The molecule has 0 radical (unpaired) electrons. The predicted octanol–water partition coefficient (Wildman–Crippen LogP) is 1.76. The second kappa shape index (κ2) is 7.11. The number of carbonyl (C=O) groups excluding carboxylic acids is 2. The monoisotopic (exact) mass is 341 g/mol. The number of hydrogen-bond donors (Lipinski definition) is 1.